The van der Waals surface area contributed by atoms with Crippen molar-refractivity contribution in [2.24, 2.45) is 5.14 Å². The number of aliphatic hydroxyl groups excluding tert-OH is 1. The molecule has 0 saturated carbocycles. The Morgan fingerprint density at radius 1 is 1.53 bits per heavy atom. The Morgan fingerprint density at radius 2 is 2.27 bits per heavy atom. The van der Waals surface area contributed by atoms with Gasteiger partial charge in [-0.15, -0.1) is 0 Å². The number of nitrogens with two attached hydrogens (primary N) is 1. The van der Waals surface area contributed by atoms with Crippen molar-refractivity contribution in [3.05, 3.63) is 18.3 Å². The predicted molar refractivity (Wildman–Crippen MR) is 52.8 cm³/mol. The summed E-state index contributed by atoms with van der Waals surface area (Å²) in [5.74, 6) is -0.0338. The van der Waals surface area contributed by atoms with Crippen LogP contribution in [0.2, 0.25) is 0 Å². The molecule has 0 aliphatic rings. The Bertz CT molecular complexity index is 418. The first-order valence-electron chi connectivity index (χ1n) is 4.27. The number of hydrogen-bond donors (Lipinski definition) is 2. The fraction of sp³-hybridized carbons (Fsp3) is 0.375. The molecule has 0 bridgehead atoms. The summed E-state index contributed by atoms with van der Waals surface area (Å²) < 4.78 is 27.3. The summed E-state index contributed by atoms with van der Waals surface area (Å²) in [5.41, 5.74) is 0. The molecule has 0 aromatic carbocycles. The average Bonchev–Trinajstić information content (AvgIpc) is 2.17. The van der Waals surface area contributed by atoms with E-state index in [1.54, 1.807) is 0 Å². The highest BCUT2D eigenvalue weighted by molar-refractivity contribution is 7.89. The van der Waals surface area contributed by atoms with Gasteiger partial charge < -0.3 is 9.84 Å². The van der Waals surface area contributed by atoms with Gasteiger partial charge >= 0.3 is 0 Å². The second-order valence-corrected chi connectivity index (χ2v) is 4.31. The number of primary sulfonamides is 1. The van der Waals surface area contributed by atoms with Crippen LogP contribution in [0.3, 0.4) is 0 Å². The van der Waals surface area contributed by atoms with Gasteiger partial charge in [-0.2, -0.15) is 0 Å². The second kappa shape index (κ2) is 5.06. The van der Waals surface area contributed by atoms with Crippen LogP contribution in [0, 0.1) is 0 Å². The molecule has 15 heavy (non-hydrogen) atoms. The van der Waals surface area contributed by atoms with Crippen LogP contribution in [0.5, 0.6) is 5.88 Å². The summed E-state index contributed by atoms with van der Waals surface area (Å²) in [4.78, 5) is 3.60. The maximum Gasteiger partial charge on any atom is 0.243 e. The molecule has 0 fully saturated rings. The van der Waals surface area contributed by atoms with Crippen molar-refractivity contribution >= 4 is 10.0 Å². The zero-order chi connectivity index (χ0) is 11.3. The van der Waals surface area contributed by atoms with Gasteiger partial charge in [0, 0.05) is 19.2 Å². The van der Waals surface area contributed by atoms with Gasteiger partial charge in [-0.25, -0.2) is 18.5 Å². The summed E-state index contributed by atoms with van der Waals surface area (Å²) in [5, 5.41) is 13.5. The van der Waals surface area contributed by atoms with Gasteiger partial charge in [-0.3, -0.25) is 0 Å². The maximum atomic E-state index is 11.1. The van der Waals surface area contributed by atoms with Crippen molar-refractivity contribution in [1.29, 1.82) is 0 Å². The quantitative estimate of drug-likeness (QED) is 0.665. The van der Waals surface area contributed by atoms with Crippen LogP contribution in [0.1, 0.15) is 6.42 Å². The first-order chi connectivity index (χ1) is 7.05. The van der Waals surface area contributed by atoms with E-state index in [4.69, 9.17) is 15.0 Å². The minimum atomic E-state index is -3.82. The van der Waals surface area contributed by atoms with Crippen LogP contribution < -0.4 is 9.88 Å². The van der Waals surface area contributed by atoms with E-state index in [9.17, 15) is 8.42 Å². The van der Waals surface area contributed by atoms with Gasteiger partial charge in [0.1, 0.15) is 4.90 Å². The first kappa shape index (κ1) is 11.9. The molecule has 0 aliphatic heterocycles. The molecule has 0 saturated heterocycles. The summed E-state index contributed by atoms with van der Waals surface area (Å²) >= 11 is 0. The number of aromatic nitrogens is 1. The summed E-state index contributed by atoms with van der Waals surface area (Å²) in [7, 11) is -3.82. The molecular formula is C8H12N2O4S. The van der Waals surface area contributed by atoms with Gasteiger partial charge in [-0.05, 0) is 12.1 Å². The second-order valence-electron chi connectivity index (χ2n) is 2.78. The molecule has 6 nitrogen and oxygen atoms in total. The van der Waals surface area contributed by atoms with Gasteiger partial charge in [-0.1, -0.05) is 0 Å². The number of nitrogens with zero attached hydrogens (tertiary/aromatic N) is 1. The average molecular weight is 232 g/mol. The maximum absolute atomic E-state index is 11.1. The van der Waals surface area contributed by atoms with Crippen molar-refractivity contribution in [3.8, 4) is 5.88 Å². The monoisotopic (exact) mass is 232 g/mol. The van der Waals surface area contributed by atoms with Gasteiger partial charge in [0.2, 0.25) is 15.9 Å². The Morgan fingerprint density at radius 3 is 2.87 bits per heavy atom. The standard InChI is InChI=1S/C8H12N2O4S/c9-15(12,13)7-3-1-4-10-8(7)14-6-2-5-11/h1,3-4,11H,2,5-6H2,(H2,9,12,13). The number of ether oxygens (including phenoxy) is 1. The zero-order valence-corrected chi connectivity index (χ0v) is 8.77. The van der Waals surface area contributed by atoms with Crippen LogP contribution in [0.4, 0.5) is 0 Å². The normalized spacial score (nSPS) is 11.3. The van der Waals surface area contributed by atoms with Gasteiger partial charge in [0.25, 0.3) is 0 Å². The van der Waals surface area contributed by atoms with Crippen LogP contribution in [-0.4, -0.2) is 31.7 Å². The number of pyridine rings is 1. The number of hydrogen-bond acceptors (Lipinski definition) is 5. The minimum Gasteiger partial charge on any atom is -0.477 e. The van der Waals surface area contributed by atoms with Crippen molar-refractivity contribution in [3.63, 3.8) is 0 Å². The smallest absolute Gasteiger partial charge is 0.243 e. The molecule has 7 heteroatoms. The van der Waals surface area contributed by atoms with E-state index in [0.29, 0.717) is 6.42 Å². The molecule has 0 spiro atoms. The van der Waals surface area contributed by atoms with Crippen LogP contribution >= 0.6 is 0 Å². The predicted octanol–water partition coefficient (Wildman–Crippen LogP) is -0.510. The van der Waals surface area contributed by atoms with Crippen LogP contribution in [0.15, 0.2) is 23.2 Å². The van der Waals surface area contributed by atoms with Gasteiger partial charge in [0.05, 0.1) is 6.61 Å². The lowest BCUT2D eigenvalue weighted by atomic mass is 10.4. The Labute approximate surface area is 87.8 Å². The first-order valence-corrected chi connectivity index (χ1v) is 5.82. The van der Waals surface area contributed by atoms with E-state index in [1.807, 2.05) is 0 Å². The zero-order valence-electron chi connectivity index (χ0n) is 7.96. The Balaban J connectivity index is 2.88. The third-order valence-corrected chi connectivity index (χ3v) is 2.51. The van der Waals surface area contributed by atoms with E-state index in [2.05, 4.69) is 4.98 Å². The highest BCUT2D eigenvalue weighted by Gasteiger charge is 2.15. The molecule has 0 atom stereocenters. The number of aliphatic hydroxyl groups is 1. The molecule has 1 aromatic rings. The molecule has 84 valence electrons. The molecule has 0 amide bonds. The Kier molecular flexibility index (Phi) is 4.01. The number of sulfonamides is 1. The van der Waals surface area contributed by atoms with E-state index in [-0.39, 0.29) is 24.0 Å². The summed E-state index contributed by atoms with van der Waals surface area (Å²) in [6, 6.07) is 2.77. The molecule has 1 heterocycles. The fourth-order valence-electron chi connectivity index (χ4n) is 0.934. The topological polar surface area (TPSA) is 103 Å². The summed E-state index contributed by atoms with van der Waals surface area (Å²) in [6.07, 6.45) is 1.81. The van der Waals surface area contributed by atoms with Crippen molar-refractivity contribution in [1.82, 2.24) is 4.98 Å². The van der Waals surface area contributed by atoms with Crippen LogP contribution in [0.25, 0.3) is 0 Å². The van der Waals surface area contributed by atoms with E-state index >= 15 is 0 Å². The third kappa shape index (κ3) is 3.46. The Hall–Kier alpha value is -1.18. The van der Waals surface area contributed by atoms with Crippen molar-refractivity contribution in [2.45, 2.75) is 11.3 Å². The highest BCUT2D eigenvalue weighted by atomic mass is 32.2. The SMILES string of the molecule is NS(=O)(=O)c1cccnc1OCCCO. The third-order valence-electron chi connectivity index (χ3n) is 1.58. The van der Waals surface area contributed by atoms with E-state index in [1.165, 1.54) is 18.3 Å². The molecule has 1 aromatic heterocycles. The number of rotatable bonds is 5. The molecular weight excluding hydrogens is 220 g/mol. The molecule has 0 aliphatic carbocycles. The van der Waals surface area contributed by atoms with Crippen LogP contribution in [-0.2, 0) is 10.0 Å². The van der Waals surface area contributed by atoms with E-state index in [0.717, 1.165) is 0 Å². The van der Waals surface area contributed by atoms with Gasteiger partial charge in [0.15, 0.2) is 0 Å². The molecule has 0 radical (unpaired) electrons. The minimum absolute atomic E-state index is 0.0302. The van der Waals surface area contributed by atoms with E-state index < -0.39 is 10.0 Å². The summed E-state index contributed by atoms with van der Waals surface area (Å²) in [6.45, 7) is 0.160. The molecule has 0 unspecified atom stereocenters. The largest absolute Gasteiger partial charge is 0.477 e. The lowest BCUT2D eigenvalue weighted by Gasteiger charge is -2.07. The fourth-order valence-corrected chi connectivity index (χ4v) is 1.56. The highest BCUT2D eigenvalue weighted by Crippen LogP contribution is 2.18. The van der Waals surface area contributed by atoms with Crippen molar-refractivity contribution in [2.75, 3.05) is 13.2 Å². The van der Waals surface area contributed by atoms with Crippen molar-refractivity contribution < 1.29 is 18.3 Å². The molecule has 1 rings (SSSR count). The lowest BCUT2D eigenvalue weighted by molar-refractivity contribution is 0.226. The molecule has 3 N–H and O–H groups in total. The lowest BCUT2D eigenvalue weighted by Crippen LogP contribution is -2.15.